The Bertz CT molecular complexity index is 590. The van der Waals surface area contributed by atoms with Crippen LogP contribution in [0.2, 0.25) is 5.02 Å². The number of anilines is 1. The predicted octanol–water partition coefficient (Wildman–Crippen LogP) is 3.34. The topological polar surface area (TPSA) is 43.8 Å². The molecule has 0 saturated carbocycles. The lowest BCUT2D eigenvalue weighted by atomic mass is 10.1. The molecule has 0 bridgehead atoms. The third-order valence-corrected chi connectivity index (χ3v) is 2.90. The summed E-state index contributed by atoms with van der Waals surface area (Å²) in [5.41, 5.74) is 5.55. The van der Waals surface area contributed by atoms with E-state index in [-0.39, 0.29) is 16.4 Å². The van der Waals surface area contributed by atoms with E-state index in [1.165, 1.54) is 16.9 Å². The number of nitrogens with zero attached hydrogens (tertiary/aromatic N) is 2. The summed E-state index contributed by atoms with van der Waals surface area (Å²) in [6, 6.07) is 3.10. The molecule has 1 aromatic carbocycles. The SMILES string of the molecule is Cn1ncc(-c2cc(C(F)(F)F)ccc2Cl)c1N. The van der Waals surface area contributed by atoms with E-state index in [0.717, 1.165) is 12.1 Å². The van der Waals surface area contributed by atoms with Crippen molar-refractivity contribution in [2.24, 2.45) is 7.05 Å². The van der Waals surface area contributed by atoms with Gasteiger partial charge < -0.3 is 5.73 Å². The fraction of sp³-hybridized carbons (Fsp3) is 0.182. The van der Waals surface area contributed by atoms with E-state index in [1.807, 2.05) is 0 Å². The van der Waals surface area contributed by atoms with E-state index in [2.05, 4.69) is 5.10 Å². The molecule has 0 saturated heterocycles. The van der Waals surface area contributed by atoms with E-state index in [1.54, 1.807) is 7.05 Å². The van der Waals surface area contributed by atoms with Crippen LogP contribution in [-0.2, 0) is 13.2 Å². The van der Waals surface area contributed by atoms with Crippen LogP contribution in [-0.4, -0.2) is 9.78 Å². The van der Waals surface area contributed by atoms with Crippen LogP contribution in [0.1, 0.15) is 5.56 Å². The fourth-order valence-electron chi connectivity index (χ4n) is 1.56. The van der Waals surface area contributed by atoms with E-state index in [9.17, 15) is 13.2 Å². The molecule has 0 unspecified atom stereocenters. The molecule has 0 fully saturated rings. The molecule has 2 aromatic rings. The van der Waals surface area contributed by atoms with Gasteiger partial charge in [-0.05, 0) is 18.2 Å². The van der Waals surface area contributed by atoms with Gasteiger partial charge in [0.1, 0.15) is 5.82 Å². The molecule has 2 N–H and O–H groups in total. The molecule has 18 heavy (non-hydrogen) atoms. The molecule has 0 aliphatic carbocycles. The van der Waals surface area contributed by atoms with E-state index < -0.39 is 11.7 Å². The minimum atomic E-state index is -4.42. The number of halogens is 4. The normalized spacial score (nSPS) is 11.8. The fourth-order valence-corrected chi connectivity index (χ4v) is 1.78. The number of rotatable bonds is 1. The van der Waals surface area contributed by atoms with Crippen molar-refractivity contribution in [1.29, 1.82) is 0 Å². The van der Waals surface area contributed by atoms with Crippen LogP contribution in [0.4, 0.5) is 19.0 Å². The third-order valence-electron chi connectivity index (χ3n) is 2.57. The Labute approximate surface area is 106 Å². The van der Waals surface area contributed by atoms with Crippen LogP contribution in [0, 0.1) is 0 Å². The summed E-state index contributed by atoms with van der Waals surface area (Å²) in [4.78, 5) is 0. The van der Waals surface area contributed by atoms with Gasteiger partial charge in [-0.1, -0.05) is 11.6 Å². The Hall–Kier alpha value is -1.69. The average Bonchev–Trinajstić information content (AvgIpc) is 2.59. The second-order valence-corrected chi connectivity index (χ2v) is 4.17. The Morgan fingerprint density at radius 2 is 1.94 bits per heavy atom. The minimum absolute atomic E-state index is 0.197. The molecule has 1 heterocycles. The maximum Gasteiger partial charge on any atom is 0.416 e. The lowest BCUT2D eigenvalue weighted by molar-refractivity contribution is -0.137. The molecule has 0 spiro atoms. The number of alkyl halides is 3. The van der Waals surface area contributed by atoms with Gasteiger partial charge in [0.05, 0.1) is 11.8 Å². The Balaban J connectivity index is 2.61. The second-order valence-electron chi connectivity index (χ2n) is 3.76. The largest absolute Gasteiger partial charge is 0.416 e. The summed E-state index contributed by atoms with van der Waals surface area (Å²) in [7, 11) is 1.60. The summed E-state index contributed by atoms with van der Waals surface area (Å²) in [5.74, 6) is 0.260. The monoisotopic (exact) mass is 275 g/mol. The van der Waals surface area contributed by atoms with Gasteiger partial charge in [0.15, 0.2) is 0 Å². The highest BCUT2D eigenvalue weighted by atomic mass is 35.5. The molecule has 1 aromatic heterocycles. The van der Waals surface area contributed by atoms with Crippen molar-refractivity contribution in [3.63, 3.8) is 0 Å². The van der Waals surface area contributed by atoms with Crippen molar-refractivity contribution in [2.45, 2.75) is 6.18 Å². The van der Waals surface area contributed by atoms with E-state index >= 15 is 0 Å². The van der Waals surface area contributed by atoms with Gasteiger partial charge in [0.25, 0.3) is 0 Å². The summed E-state index contributed by atoms with van der Waals surface area (Å²) in [5, 5.41) is 4.07. The molecular formula is C11H9ClF3N3. The highest BCUT2D eigenvalue weighted by molar-refractivity contribution is 6.33. The highest BCUT2D eigenvalue weighted by Crippen LogP contribution is 2.37. The molecule has 3 nitrogen and oxygen atoms in total. The molecule has 0 aliphatic heterocycles. The van der Waals surface area contributed by atoms with Crippen LogP contribution in [0.15, 0.2) is 24.4 Å². The van der Waals surface area contributed by atoms with Gasteiger partial charge >= 0.3 is 6.18 Å². The van der Waals surface area contributed by atoms with Crippen LogP contribution < -0.4 is 5.73 Å². The summed E-state index contributed by atoms with van der Waals surface area (Å²) in [6.07, 6.45) is -3.03. The Morgan fingerprint density at radius 3 is 2.44 bits per heavy atom. The zero-order valence-corrected chi connectivity index (χ0v) is 10.0. The number of hydrogen-bond donors (Lipinski definition) is 1. The van der Waals surface area contributed by atoms with Gasteiger partial charge in [0, 0.05) is 23.2 Å². The lowest BCUT2D eigenvalue weighted by Crippen LogP contribution is -2.05. The van der Waals surface area contributed by atoms with Gasteiger partial charge in [-0.15, -0.1) is 0 Å². The smallest absolute Gasteiger partial charge is 0.383 e. The first-order valence-corrected chi connectivity index (χ1v) is 5.33. The van der Waals surface area contributed by atoms with Gasteiger partial charge in [-0.3, -0.25) is 4.68 Å². The first-order valence-electron chi connectivity index (χ1n) is 4.95. The van der Waals surface area contributed by atoms with Crippen molar-refractivity contribution in [3.05, 3.63) is 35.0 Å². The van der Waals surface area contributed by atoms with Crippen LogP contribution in [0.5, 0.6) is 0 Å². The van der Waals surface area contributed by atoms with Gasteiger partial charge in [-0.2, -0.15) is 18.3 Å². The van der Waals surface area contributed by atoms with Gasteiger partial charge in [-0.25, -0.2) is 0 Å². The quantitative estimate of drug-likeness (QED) is 0.867. The number of aryl methyl sites for hydroxylation is 1. The maximum absolute atomic E-state index is 12.6. The minimum Gasteiger partial charge on any atom is -0.383 e. The van der Waals surface area contributed by atoms with Gasteiger partial charge in [0.2, 0.25) is 0 Å². The van der Waals surface area contributed by atoms with E-state index in [4.69, 9.17) is 17.3 Å². The molecule has 2 rings (SSSR count). The molecule has 96 valence electrons. The van der Waals surface area contributed by atoms with Crippen molar-refractivity contribution in [3.8, 4) is 11.1 Å². The number of nitrogen functional groups attached to an aromatic ring is 1. The Kier molecular flexibility index (Phi) is 2.98. The standard InChI is InChI=1S/C11H9ClF3N3/c1-18-10(16)8(5-17-18)7-4-6(11(13,14)15)2-3-9(7)12/h2-5H,16H2,1H3. The number of aromatic nitrogens is 2. The molecule has 0 atom stereocenters. The lowest BCUT2D eigenvalue weighted by Gasteiger charge is -2.10. The molecule has 7 heteroatoms. The van der Waals surface area contributed by atoms with E-state index in [0.29, 0.717) is 5.56 Å². The summed E-state index contributed by atoms with van der Waals surface area (Å²) < 4.78 is 39.2. The second kappa shape index (κ2) is 4.20. The average molecular weight is 276 g/mol. The van der Waals surface area contributed by atoms with Crippen molar-refractivity contribution < 1.29 is 13.2 Å². The van der Waals surface area contributed by atoms with Crippen LogP contribution in [0.3, 0.4) is 0 Å². The van der Waals surface area contributed by atoms with Crippen molar-refractivity contribution >= 4 is 17.4 Å². The zero-order chi connectivity index (χ0) is 13.5. The van der Waals surface area contributed by atoms with Crippen LogP contribution >= 0.6 is 11.6 Å². The number of benzene rings is 1. The number of hydrogen-bond acceptors (Lipinski definition) is 2. The van der Waals surface area contributed by atoms with Crippen molar-refractivity contribution in [1.82, 2.24) is 9.78 Å². The predicted molar refractivity (Wildman–Crippen MR) is 63.1 cm³/mol. The van der Waals surface area contributed by atoms with Crippen LogP contribution in [0.25, 0.3) is 11.1 Å². The first kappa shape index (κ1) is 12.8. The first-order chi connectivity index (χ1) is 8.30. The third kappa shape index (κ3) is 2.15. The number of nitrogens with two attached hydrogens (primary N) is 1. The maximum atomic E-state index is 12.6. The molecular weight excluding hydrogens is 267 g/mol. The molecule has 0 amide bonds. The summed E-state index contributed by atoms with van der Waals surface area (Å²) >= 11 is 5.90. The summed E-state index contributed by atoms with van der Waals surface area (Å²) in [6.45, 7) is 0. The van der Waals surface area contributed by atoms with Crippen molar-refractivity contribution in [2.75, 3.05) is 5.73 Å². The Morgan fingerprint density at radius 1 is 1.28 bits per heavy atom. The molecule has 0 aliphatic rings. The molecule has 0 radical (unpaired) electrons. The highest BCUT2D eigenvalue weighted by Gasteiger charge is 2.31. The zero-order valence-electron chi connectivity index (χ0n) is 9.29.